The van der Waals surface area contributed by atoms with E-state index in [1.54, 1.807) is 13.4 Å². The molecule has 134 valence electrons. The maximum absolute atomic E-state index is 6.10. The van der Waals surface area contributed by atoms with Crippen LogP contribution in [0.1, 0.15) is 41.8 Å². The minimum absolute atomic E-state index is 0.121. The summed E-state index contributed by atoms with van der Waals surface area (Å²) in [5.74, 6) is 3.40. The summed E-state index contributed by atoms with van der Waals surface area (Å²) < 4.78 is 11.5. The molecule has 0 N–H and O–H groups in total. The second-order valence-corrected chi connectivity index (χ2v) is 6.52. The van der Waals surface area contributed by atoms with Crippen molar-refractivity contribution < 1.29 is 9.15 Å². The Morgan fingerprint density at radius 3 is 2.96 bits per heavy atom. The topological polar surface area (TPSA) is 64.3 Å². The van der Waals surface area contributed by atoms with Crippen LogP contribution in [0.4, 0.5) is 5.82 Å². The van der Waals surface area contributed by atoms with Gasteiger partial charge >= 0.3 is 0 Å². The Hall–Kier alpha value is -2.89. The lowest BCUT2D eigenvalue weighted by molar-refractivity contribution is 0.403. The Morgan fingerprint density at radius 1 is 1.23 bits per heavy atom. The minimum Gasteiger partial charge on any atom is -0.496 e. The molecule has 1 aliphatic heterocycles. The molecule has 4 rings (SSSR count). The molecule has 0 saturated carbocycles. The summed E-state index contributed by atoms with van der Waals surface area (Å²) in [5.41, 5.74) is 2.05. The van der Waals surface area contributed by atoms with Gasteiger partial charge in [-0.05, 0) is 25.8 Å². The first-order valence-electron chi connectivity index (χ1n) is 8.86. The number of para-hydroxylation sites is 1. The van der Waals surface area contributed by atoms with Crippen LogP contribution in [0.25, 0.3) is 0 Å². The molecule has 0 amide bonds. The number of hydrogen-bond donors (Lipinski definition) is 0. The Balaban J connectivity index is 1.55. The zero-order chi connectivity index (χ0) is 17.9. The minimum atomic E-state index is 0.121. The molecule has 1 aromatic carbocycles. The van der Waals surface area contributed by atoms with Crippen molar-refractivity contribution in [3.8, 4) is 5.75 Å². The highest BCUT2D eigenvalue weighted by atomic mass is 16.5. The molecule has 26 heavy (non-hydrogen) atoms. The van der Waals surface area contributed by atoms with Crippen molar-refractivity contribution in [1.82, 2.24) is 15.0 Å². The van der Waals surface area contributed by atoms with Crippen molar-refractivity contribution in [3.05, 3.63) is 65.8 Å². The smallest absolute Gasteiger partial charge is 0.217 e. The first-order valence-corrected chi connectivity index (χ1v) is 8.86. The van der Waals surface area contributed by atoms with E-state index in [1.165, 1.54) is 0 Å². The van der Waals surface area contributed by atoms with Crippen LogP contribution in [0.3, 0.4) is 0 Å². The van der Waals surface area contributed by atoms with Gasteiger partial charge < -0.3 is 14.1 Å². The van der Waals surface area contributed by atoms with Gasteiger partial charge in [0, 0.05) is 30.3 Å². The van der Waals surface area contributed by atoms with Gasteiger partial charge in [-0.2, -0.15) is 0 Å². The zero-order valence-electron chi connectivity index (χ0n) is 15.1. The standard InChI is InChI=1S/C20H22N4O2/c1-14-10-19(23-13-22-14)24-9-5-7-17(24)20-21-12-16(26-20)11-15-6-3-4-8-18(15)25-2/h3-4,6,8,10,12-13,17H,5,7,9,11H2,1-2H3/t17-/m1/s1. The van der Waals surface area contributed by atoms with E-state index < -0.39 is 0 Å². The van der Waals surface area contributed by atoms with E-state index in [0.717, 1.165) is 53.9 Å². The third-order valence-corrected chi connectivity index (χ3v) is 4.75. The molecule has 6 nitrogen and oxygen atoms in total. The average Bonchev–Trinajstić information content (AvgIpc) is 3.31. The Labute approximate surface area is 152 Å². The molecular weight excluding hydrogens is 328 g/mol. The van der Waals surface area contributed by atoms with Crippen molar-refractivity contribution in [2.75, 3.05) is 18.6 Å². The average molecular weight is 350 g/mol. The predicted molar refractivity (Wildman–Crippen MR) is 98.4 cm³/mol. The van der Waals surface area contributed by atoms with E-state index in [0.29, 0.717) is 6.42 Å². The van der Waals surface area contributed by atoms with Crippen molar-refractivity contribution in [2.45, 2.75) is 32.2 Å². The van der Waals surface area contributed by atoms with E-state index in [2.05, 4.69) is 19.9 Å². The molecule has 0 aliphatic carbocycles. The van der Waals surface area contributed by atoms with Gasteiger partial charge in [0.2, 0.25) is 5.89 Å². The van der Waals surface area contributed by atoms with Crippen LogP contribution in [0, 0.1) is 6.92 Å². The maximum atomic E-state index is 6.10. The summed E-state index contributed by atoms with van der Waals surface area (Å²) in [6.45, 7) is 2.93. The Bertz CT molecular complexity index is 893. The van der Waals surface area contributed by atoms with Crippen LogP contribution in [0.2, 0.25) is 0 Å². The van der Waals surface area contributed by atoms with Gasteiger partial charge in [-0.25, -0.2) is 15.0 Å². The summed E-state index contributed by atoms with van der Waals surface area (Å²) in [4.78, 5) is 15.4. The van der Waals surface area contributed by atoms with Crippen LogP contribution in [-0.2, 0) is 6.42 Å². The van der Waals surface area contributed by atoms with E-state index in [9.17, 15) is 0 Å². The lowest BCUT2D eigenvalue weighted by atomic mass is 10.1. The van der Waals surface area contributed by atoms with Gasteiger partial charge in [0.15, 0.2) is 0 Å². The summed E-state index contributed by atoms with van der Waals surface area (Å²) >= 11 is 0. The highest BCUT2D eigenvalue weighted by molar-refractivity contribution is 5.42. The fourth-order valence-corrected chi connectivity index (χ4v) is 3.49. The fourth-order valence-electron chi connectivity index (χ4n) is 3.49. The number of nitrogens with zero attached hydrogens (tertiary/aromatic N) is 4. The first-order chi connectivity index (χ1) is 12.7. The molecule has 1 aliphatic rings. The number of benzene rings is 1. The molecule has 0 unspecified atom stereocenters. The van der Waals surface area contributed by atoms with Crippen LogP contribution < -0.4 is 9.64 Å². The van der Waals surface area contributed by atoms with Gasteiger partial charge in [-0.1, -0.05) is 18.2 Å². The first kappa shape index (κ1) is 16.6. The molecule has 2 aromatic heterocycles. The summed E-state index contributed by atoms with van der Waals surface area (Å²) in [7, 11) is 1.69. The molecule has 3 heterocycles. The molecule has 1 saturated heterocycles. The number of aromatic nitrogens is 3. The zero-order valence-corrected chi connectivity index (χ0v) is 15.1. The van der Waals surface area contributed by atoms with Crippen molar-refractivity contribution in [2.24, 2.45) is 0 Å². The fraction of sp³-hybridized carbons (Fsp3) is 0.350. The maximum Gasteiger partial charge on any atom is 0.217 e. The molecule has 0 spiro atoms. The number of methoxy groups -OCH3 is 1. The number of aryl methyl sites for hydroxylation is 1. The number of oxazole rings is 1. The molecule has 1 fully saturated rings. The monoisotopic (exact) mass is 350 g/mol. The highest BCUT2D eigenvalue weighted by Crippen LogP contribution is 2.35. The van der Waals surface area contributed by atoms with E-state index in [4.69, 9.17) is 9.15 Å². The van der Waals surface area contributed by atoms with E-state index in [-0.39, 0.29) is 6.04 Å². The van der Waals surface area contributed by atoms with Gasteiger partial charge in [0.1, 0.15) is 29.7 Å². The van der Waals surface area contributed by atoms with Crippen LogP contribution in [0.15, 0.2) is 47.3 Å². The number of rotatable bonds is 5. The summed E-state index contributed by atoms with van der Waals surface area (Å²) in [6.07, 6.45) is 6.21. The van der Waals surface area contributed by atoms with E-state index in [1.807, 2.05) is 43.5 Å². The van der Waals surface area contributed by atoms with Crippen LogP contribution in [0.5, 0.6) is 5.75 Å². The molecule has 6 heteroatoms. The Kier molecular flexibility index (Phi) is 4.56. The molecule has 1 atom stereocenters. The highest BCUT2D eigenvalue weighted by Gasteiger charge is 2.31. The van der Waals surface area contributed by atoms with Gasteiger partial charge in [-0.15, -0.1) is 0 Å². The molecule has 0 bridgehead atoms. The summed E-state index contributed by atoms with van der Waals surface area (Å²) in [6, 6.07) is 10.1. The lowest BCUT2D eigenvalue weighted by Gasteiger charge is -2.23. The van der Waals surface area contributed by atoms with Crippen molar-refractivity contribution in [1.29, 1.82) is 0 Å². The third-order valence-electron chi connectivity index (χ3n) is 4.75. The SMILES string of the molecule is COc1ccccc1Cc1cnc([C@H]2CCCN2c2cc(C)ncn2)o1. The summed E-state index contributed by atoms with van der Waals surface area (Å²) in [5, 5.41) is 0. The second kappa shape index (κ2) is 7.15. The Morgan fingerprint density at radius 2 is 2.12 bits per heavy atom. The molecule has 0 radical (unpaired) electrons. The lowest BCUT2D eigenvalue weighted by Crippen LogP contribution is -2.23. The number of ether oxygens (including phenoxy) is 1. The molecular formula is C20H22N4O2. The number of anilines is 1. The van der Waals surface area contributed by atoms with Crippen LogP contribution in [-0.4, -0.2) is 28.6 Å². The quantitative estimate of drug-likeness (QED) is 0.699. The number of hydrogen-bond acceptors (Lipinski definition) is 6. The predicted octanol–water partition coefficient (Wildman–Crippen LogP) is 3.71. The van der Waals surface area contributed by atoms with Crippen molar-refractivity contribution >= 4 is 5.82 Å². The van der Waals surface area contributed by atoms with Crippen LogP contribution >= 0.6 is 0 Å². The van der Waals surface area contributed by atoms with Crippen molar-refractivity contribution in [3.63, 3.8) is 0 Å². The van der Waals surface area contributed by atoms with Gasteiger partial charge in [0.25, 0.3) is 0 Å². The van der Waals surface area contributed by atoms with E-state index >= 15 is 0 Å². The van der Waals surface area contributed by atoms with Gasteiger partial charge in [-0.3, -0.25) is 0 Å². The normalized spacial score (nSPS) is 16.8. The second-order valence-electron chi connectivity index (χ2n) is 6.52. The molecule has 3 aromatic rings. The largest absolute Gasteiger partial charge is 0.496 e. The van der Waals surface area contributed by atoms with Gasteiger partial charge in [0.05, 0.1) is 13.3 Å². The third kappa shape index (κ3) is 3.27.